The molecule has 2 atom stereocenters. The first-order valence-corrected chi connectivity index (χ1v) is 14.9. The fourth-order valence-electron chi connectivity index (χ4n) is 5.66. The molecule has 45 heavy (non-hydrogen) atoms. The average molecular weight is 612 g/mol. The number of aliphatic carboxylic acids is 1. The van der Waals surface area contributed by atoms with E-state index in [0.717, 1.165) is 27.7 Å². The molecule has 0 radical (unpaired) electrons. The number of carbonyl (C=O) groups is 3. The molecule has 10 nitrogen and oxygen atoms in total. The Bertz CT molecular complexity index is 1690. The maximum Gasteiger partial charge on any atom is 0.410 e. The Morgan fingerprint density at radius 3 is 2.42 bits per heavy atom. The van der Waals surface area contributed by atoms with E-state index in [-0.39, 0.29) is 32.7 Å². The molecule has 1 saturated heterocycles. The standard InChI is InChI=1S/C35H37N3O7/c1-5-43-32(41)35(22-38(20-27(35)31(39)40)33(42)45-34(2,3)4)18-23-15-16-30(36-19-23)44-21-25-17-29(24-11-7-6-8-12-24)37-28-14-10-9-13-26(25)28/h6-17,19,27H,5,18,20-22H2,1-4H3,(H,39,40)/t27-,35+/m1/s1. The second kappa shape index (κ2) is 12.9. The third-order valence-corrected chi connectivity index (χ3v) is 7.74. The number of carboxylic acids is 1. The van der Waals surface area contributed by atoms with Crippen molar-refractivity contribution in [2.45, 2.75) is 46.3 Å². The SMILES string of the molecule is CCOC(=O)[C@@]1(Cc2ccc(OCc3cc(-c4ccccc4)nc4ccccc34)nc2)CN(C(=O)OC(C)(C)C)C[C@@H]1C(=O)O. The number of hydrogen-bond donors (Lipinski definition) is 1. The summed E-state index contributed by atoms with van der Waals surface area (Å²) < 4.78 is 16.9. The number of carboxylic acid groups (broad SMARTS) is 1. The van der Waals surface area contributed by atoms with E-state index in [1.54, 1.807) is 46.0 Å². The highest BCUT2D eigenvalue weighted by Gasteiger charge is 2.58. The van der Waals surface area contributed by atoms with Crippen LogP contribution in [0.5, 0.6) is 5.88 Å². The van der Waals surface area contributed by atoms with Crippen molar-refractivity contribution in [1.29, 1.82) is 0 Å². The van der Waals surface area contributed by atoms with E-state index in [1.165, 1.54) is 4.90 Å². The van der Waals surface area contributed by atoms with Gasteiger partial charge in [-0.25, -0.2) is 14.8 Å². The number of para-hydroxylation sites is 1. The van der Waals surface area contributed by atoms with Gasteiger partial charge in [-0.1, -0.05) is 54.6 Å². The van der Waals surface area contributed by atoms with Crippen LogP contribution in [0.2, 0.25) is 0 Å². The van der Waals surface area contributed by atoms with E-state index in [4.69, 9.17) is 19.2 Å². The number of likely N-dealkylation sites (tertiary alicyclic amines) is 1. The number of amides is 1. The first kappa shape index (κ1) is 31.4. The smallest absolute Gasteiger partial charge is 0.410 e. The van der Waals surface area contributed by atoms with Crippen LogP contribution in [0.3, 0.4) is 0 Å². The normalized spacial score (nSPS) is 18.0. The van der Waals surface area contributed by atoms with Gasteiger partial charge >= 0.3 is 18.0 Å². The summed E-state index contributed by atoms with van der Waals surface area (Å²) in [5, 5.41) is 11.1. The van der Waals surface area contributed by atoms with Crippen LogP contribution in [-0.2, 0) is 32.1 Å². The highest BCUT2D eigenvalue weighted by molar-refractivity contribution is 5.88. The average Bonchev–Trinajstić information content (AvgIpc) is 3.41. The van der Waals surface area contributed by atoms with E-state index in [0.29, 0.717) is 11.4 Å². The van der Waals surface area contributed by atoms with Gasteiger partial charge in [0.05, 0.1) is 23.7 Å². The lowest BCUT2D eigenvalue weighted by atomic mass is 9.73. The van der Waals surface area contributed by atoms with Crippen LogP contribution in [-0.4, -0.2) is 63.3 Å². The van der Waals surface area contributed by atoms with Crippen molar-refractivity contribution in [3.8, 4) is 17.1 Å². The molecule has 1 aliphatic heterocycles. The number of carbonyl (C=O) groups excluding carboxylic acids is 2. The maximum atomic E-state index is 13.4. The lowest BCUT2D eigenvalue weighted by Crippen LogP contribution is -2.45. The van der Waals surface area contributed by atoms with Gasteiger partial charge < -0.3 is 24.2 Å². The lowest BCUT2D eigenvalue weighted by Gasteiger charge is -2.30. The molecule has 234 valence electrons. The summed E-state index contributed by atoms with van der Waals surface area (Å²) in [5.74, 6) is -2.70. The van der Waals surface area contributed by atoms with Crippen molar-refractivity contribution in [2.75, 3.05) is 19.7 Å². The molecule has 1 aliphatic rings. The summed E-state index contributed by atoms with van der Waals surface area (Å²) >= 11 is 0. The van der Waals surface area contributed by atoms with Crippen molar-refractivity contribution in [3.63, 3.8) is 0 Å². The second-order valence-electron chi connectivity index (χ2n) is 12.1. The molecule has 0 unspecified atom stereocenters. The summed E-state index contributed by atoms with van der Waals surface area (Å²) in [4.78, 5) is 49.3. The van der Waals surface area contributed by atoms with Crippen LogP contribution in [0.1, 0.15) is 38.8 Å². The molecule has 0 spiro atoms. The van der Waals surface area contributed by atoms with Crippen LogP contribution in [0.15, 0.2) is 79.0 Å². The largest absolute Gasteiger partial charge is 0.481 e. The highest BCUT2D eigenvalue weighted by atomic mass is 16.6. The van der Waals surface area contributed by atoms with Crippen molar-refractivity contribution in [3.05, 3.63) is 90.1 Å². The predicted octanol–water partition coefficient (Wildman–Crippen LogP) is 5.92. The Balaban J connectivity index is 1.37. The number of rotatable bonds is 9. The summed E-state index contributed by atoms with van der Waals surface area (Å²) in [6, 6.07) is 23.2. The Kier molecular flexibility index (Phi) is 9.04. The van der Waals surface area contributed by atoms with E-state index in [9.17, 15) is 19.5 Å². The molecule has 1 fully saturated rings. The van der Waals surface area contributed by atoms with Gasteiger partial charge in [-0.05, 0) is 51.8 Å². The van der Waals surface area contributed by atoms with Gasteiger partial charge in [0.25, 0.3) is 0 Å². The zero-order valence-corrected chi connectivity index (χ0v) is 25.9. The molecule has 0 aliphatic carbocycles. The summed E-state index contributed by atoms with van der Waals surface area (Å²) in [6.07, 6.45) is 0.886. The zero-order chi connectivity index (χ0) is 32.2. The fraction of sp³-hybridized carbons (Fsp3) is 0.343. The van der Waals surface area contributed by atoms with Crippen LogP contribution < -0.4 is 4.74 Å². The van der Waals surface area contributed by atoms with E-state index in [2.05, 4.69) is 4.98 Å². The van der Waals surface area contributed by atoms with Crippen molar-refractivity contribution in [2.24, 2.45) is 11.3 Å². The second-order valence-corrected chi connectivity index (χ2v) is 12.1. The fourth-order valence-corrected chi connectivity index (χ4v) is 5.66. The molecular weight excluding hydrogens is 574 g/mol. The van der Waals surface area contributed by atoms with Gasteiger partial charge in [-0.3, -0.25) is 9.59 Å². The minimum Gasteiger partial charge on any atom is -0.481 e. The van der Waals surface area contributed by atoms with Crippen LogP contribution in [0.25, 0.3) is 22.2 Å². The molecule has 10 heteroatoms. The Morgan fingerprint density at radius 2 is 1.76 bits per heavy atom. The van der Waals surface area contributed by atoms with Crippen molar-refractivity contribution < 1.29 is 33.7 Å². The van der Waals surface area contributed by atoms with Crippen molar-refractivity contribution in [1.82, 2.24) is 14.9 Å². The zero-order valence-electron chi connectivity index (χ0n) is 25.9. The minimum atomic E-state index is -1.52. The van der Waals surface area contributed by atoms with Gasteiger partial charge in [-0.15, -0.1) is 0 Å². The number of aromatic nitrogens is 2. The van der Waals surface area contributed by atoms with Crippen LogP contribution in [0.4, 0.5) is 4.79 Å². The Morgan fingerprint density at radius 1 is 1.02 bits per heavy atom. The monoisotopic (exact) mass is 611 g/mol. The Labute approximate surface area is 262 Å². The van der Waals surface area contributed by atoms with E-state index in [1.807, 2.05) is 60.7 Å². The summed E-state index contributed by atoms with van der Waals surface area (Å²) in [5.41, 5.74) is 1.94. The van der Waals surface area contributed by atoms with Crippen molar-refractivity contribution >= 4 is 28.9 Å². The van der Waals surface area contributed by atoms with Crippen LogP contribution >= 0.6 is 0 Å². The van der Waals surface area contributed by atoms with E-state index < -0.39 is 35.0 Å². The number of fused-ring (bicyclic) bond motifs is 1. The molecular formula is C35H37N3O7. The molecule has 3 heterocycles. The molecule has 2 aromatic carbocycles. The number of ether oxygens (including phenoxy) is 3. The van der Waals surface area contributed by atoms with E-state index >= 15 is 0 Å². The number of hydrogen-bond acceptors (Lipinski definition) is 8. The molecule has 0 saturated carbocycles. The third-order valence-electron chi connectivity index (χ3n) is 7.74. The molecule has 5 rings (SSSR count). The van der Waals surface area contributed by atoms with Gasteiger partial charge in [0.2, 0.25) is 5.88 Å². The molecule has 2 aromatic heterocycles. The quantitative estimate of drug-likeness (QED) is 0.229. The lowest BCUT2D eigenvalue weighted by molar-refractivity contribution is -0.163. The number of esters is 1. The number of pyridine rings is 2. The molecule has 4 aromatic rings. The number of nitrogens with zero attached hydrogens (tertiary/aromatic N) is 3. The highest BCUT2D eigenvalue weighted by Crippen LogP contribution is 2.41. The topological polar surface area (TPSA) is 128 Å². The Hall–Kier alpha value is -4.99. The number of benzene rings is 2. The maximum absolute atomic E-state index is 13.4. The molecule has 0 bridgehead atoms. The molecule has 1 N–H and O–H groups in total. The van der Waals surface area contributed by atoms with Crippen LogP contribution in [0, 0.1) is 11.3 Å². The first-order chi connectivity index (χ1) is 21.5. The van der Waals surface area contributed by atoms with Gasteiger partial charge in [0, 0.05) is 41.9 Å². The van der Waals surface area contributed by atoms with Gasteiger partial charge in [0.1, 0.15) is 17.6 Å². The summed E-state index contributed by atoms with van der Waals surface area (Å²) in [7, 11) is 0. The third kappa shape index (κ3) is 7.06. The first-order valence-electron chi connectivity index (χ1n) is 14.9. The minimum absolute atomic E-state index is 0.00477. The summed E-state index contributed by atoms with van der Waals surface area (Å²) in [6.45, 7) is 6.81. The predicted molar refractivity (Wildman–Crippen MR) is 167 cm³/mol. The van der Waals surface area contributed by atoms with Gasteiger partial charge in [0.15, 0.2) is 0 Å². The molecule has 1 amide bonds. The van der Waals surface area contributed by atoms with Gasteiger partial charge in [-0.2, -0.15) is 0 Å².